The van der Waals surface area contributed by atoms with Crippen LogP contribution >= 0.6 is 11.8 Å². The maximum absolute atomic E-state index is 12.1. The van der Waals surface area contributed by atoms with E-state index in [-0.39, 0.29) is 41.4 Å². The van der Waals surface area contributed by atoms with Crippen LogP contribution in [0, 0.1) is 0 Å². The Morgan fingerprint density at radius 3 is 2.23 bits per heavy atom. The highest BCUT2D eigenvalue weighted by Gasteiger charge is 2.25. The van der Waals surface area contributed by atoms with Gasteiger partial charge in [-0.05, 0) is 51.7 Å². The molecule has 3 atom stereocenters. The Morgan fingerprint density at radius 1 is 1.21 bits per heavy atom. The van der Waals surface area contributed by atoms with Crippen LogP contribution in [-0.2, 0) is 30.3 Å². The van der Waals surface area contributed by atoms with Gasteiger partial charge in [0, 0.05) is 52.5 Å². The summed E-state index contributed by atoms with van der Waals surface area (Å²) in [4.78, 5) is 49.3. The molecule has 2 rings (SSSR count). The Kier molecular flexibility index (Phi) is 37.9. The molecule has 0 bridgehead atoms. The second kappa shape index (κ2) is 34.2. The number of nitrogens with one attached hydrogen (secondary N) is 1. The van der Waals surface area contributed by atoms with Gasteiger partial charge in [-0.1, -0.05) is 48.0 Å². The van der Waals surface area contributed by atoms with Crippen molar-refractivity contribution in [3.05, 3.63) is 22.2 Å². The quantitative estimate of drug-likeness (QED) is 0.188. The monoisotopic (exact) mass is 634 g/mol. The highest BCUT2D eigenvalue weighted by atomic mass is 32.2. The molecular formula is C31H62N4O7S. The molecule has 0 aliphatic carbocycles. The number of ether oxygens (including phenoxy) is 2. The van der Waals surface area contributed by atoms with E-state index < -0.39 is 5.69 Å². The number of Topliss-reactive ketones (excluding diaryl/α,β-unsaturated/α-hetero) is 2. The average molecular weight is 635 g/mol. The van der Waals surface area contributed by atoms with E-state index in [0.29, 0.717) is 18.6 Å². The number of ketones is 2. The molecule has 254 valence electrons. The lowest BCUT2D eigenvalue weighted by molar-refractivity contribution is -0.122. The van der Waals surface area contributed by atoms with Crippen molar-refractivity contribution in [3.8, 4) is 0 Å². The van der Waals surface area contributed by atoms with Gasteiger partial charge < -0.3 is 25.6 Å². The Hall–Kier alpha value is -2.28. The number of amides is 1. The lowest BCUT2D eigenvalue weighted by Crippen LogP contribution is -2.28. The van der Waals surface area contributed by atoms with Crippen molar-refractivity contribution in [2.24, 2.45) is 0 Å². The number of aliphatic hydroxyl groups is 1. The Balaban J connectivity index is -0.000000398. The number of rotatable bonds is 14. The van der Waals surface area contributed by atoms with E-state index in [2.05, 4.69) is 22.0 Å². The number of hydrogen-bond donors (Lipinski definition) is 3. The van der Waals surface area contributed by atoms with Gasteiger partial charge in [-0.15, -0.1) is 11.8 Å². The number of carbonyl (C=O) groups excluding carboxylic acids is 3. The molecular weight excluding hydrogens is 572 g/mol. The topological polar surface area (TPSA) is 163 Å². The van der Waals surface area contributed by atoms with Gasteiger partial charge in [-0.3, -0.25) is 19.0 Å². The molecule has 3 unspecified atom stereocenters. The van der Waals surface area contributed by atoms with Gasteiger partial charge >= 0.3 is 5.69 Å². The first-order valence-corrected chi connectivity index (χ1v) is 16.4. The number of thioether (sulfide) groups is 1. The van der Waals surface area contributed by atoms with Gasteiger partial charge in [0.2, 0.25) is 6.41 Å². The zero-order valence-corrected chi connectivity index (χ0v) is 29.6. The Morgan fingerprint density at radius 2 is 1.79 bits per heavy atom. The van der Waals surface area contributed by atoms with Crippen molar-refractivity contribution in [1.82, 2.24) is 14.9 Å². The molecule has 0 saturated carbocycles. The zero-order valence-electron chi connectivity index (χ0n) is 28.7. The van der Waals surface area contributed by atoms with E-state index in [1.807, 2.05) is 41.5 Å². The van der Waals surface area contributed by atoms with Gasteiger partial charge in [0.15, 0.2) is 0 Å². The first-order valence-electron chi connectivity index (χ1n) is 15.3. The fraction of sp³-hybridized carbons (Fsp3) is 0.774. The number of unbranched alkanes of at least 4 members (excludes halogenated alkanes) is 1. The third kappa shape index (κ3) is 24.8. The molecule has 0 radical (unpaired) electrons. The molecule has 0 spiro atoms. The van der Waals surface area contributed by atoms with Crippen molar-refractivity contribution in [3.63, 3.8) is 0 Å². The van der Waals surface area contributed by atoms with E-state index in [4.69, 9.17) is 15.6 Å². The summed E-state index contributed by atoms with van der Waals surface area (Å²) in [6.45, 7) is 16.4. The summed E-state index contributed by atoms with van der Waals surface area (Å²) in [5.74, 6) is 0.959. The van der Waals surface area contributed by atoms with E-state index in [9.17, 15) is 19.2 Å². The minimum Gasteiger partial charge on any atom is -0.400 e. The maximum atomic E-state index is 12.1. The highest BCUT2D eigenvalue weighted by molar-refractivity contribution is 8.00. The van der Waals surface area contributed by atoms with Crippen LogP contribution in [0.1, 0.15) is 112 Å². The number of aliphatic hydroxyl groups excluding tert-OH is 1. The molecule has 1 aliphatic heterocycles. The van der Waals surface area contributed by atoms with E-state index >= 15 is 0 Å². The minimum atomic E-state index is -0.408. The number of nitrogen functional groups attached to an aromatic ring is 1. The third-order valence-electron chi connectivity index (χ3n) is 5.42. The van der Waals surface area contributed by atoms with Crippen LogP contribution in [0.25, 0.3) is 0 Å². The van der Waals surface area contributed by atoms with E-state index in [0.717, 1.165) is 57.7 Å². The van der Waals surface area contributed by atoms with Crippen LogP contribution in [-0.4, -0.2) is 77.6 Å². The molecule has 11 nitrogen and oxygen atoms in total. The number of hydrogen-bond acceptors (Lipinski definition) is 10. The summed E-state index contributed by atoms with van der Waals surface area (Å²) < 4.78 is 11.5. The zero-order chi connectivity index (χ0) is 34.2. The molecule has 1 amide bonds. The van der Waals surface area contributed by atoms with Crippen LogP contribution < -0.4 is 16.7 Å². The molecule has 4 N–H and O–H groups in total. The molecule has 1 aromatic heterocycles. The molecule has 43 heavy (non-hydrogen) atoms. The second-order valence-electron chi connectivity index (χ2n) is 8.87. The first kappa shape index (κ1) is 47.6. The van der Waals surface area contributed by atoms with Crippen LogP contribution in [0.3, 0.4) is 0 Å². The number of anilines is 1. The number of nitrogens with two attached hydrogens (primary N) is 1. The molecule has 1 saturated heterocycles. The van der Waals surface area contributed by atoms with E-state index in [1.54, 1.807) is 20.4 Å². The predicted octanol–water partition coefficient (Wildman–Crippen LogP) is 4.97. The summed E-state index contributed by atoms with van der Waals surface area (Å²) in [5.41, 5.74) is 6.27. The number of nitrogens with zero attached hydrogens (tertiary/aromatic N) is 2. The third-order valence-corrected chi connectivity index (χ3v) is 6.77. The summed E-state index contributed by atoms with van der Waals surface area (Å²) >= 11 is 1.46. The largest absolute Gasteiger partial charge is 0.400 e. The summed E-state index contributed by atoms with van der Waals surface area (Å²) in [6, 6.07) is 0. The molecule has 2 heterocycles. The number of aromatic nitrogens is 2. The van der Waals surface area contributed by atoms with Crippen molar-refractivity contribution in [2.45, 2.75) is 124 Å². The lowest BCUT2D eigenvalue weighted by Gasteiger charge is -2.17. The molecule has 1 aromatic rings. The van der Waals surface area contributed by atoms with E-state index in [1.165, 1.54) is 23.3 Å². The molecule has 12 heteroatoms. The minimum absolute atomic E-state index is 0.00821. The maximum Gasteiger partial charge on any atom is 0.351 e. The van der Waals surface area contributed by atoms with Gasteiger partial charge in [0.1, 0.15) is 23.6 Å². The van der Waals surface area contributed by atoms with Gasteiger partial charge in [-0.2, -0.15) is 4.98 Å². The van der Waals surface area contributed by atoms with Crippen LogP contribution in [0.5, 0.6) is 0 Å². The summed E-state index contributed by atoms with van der Waals surface area (Å²) in [6.07, 6.45) is 8.30. The number of methoxy groups -OCH3 is 1. The highest BCUT2D eigenvalue weighted by Crippen LogP contribution is 2.27. The van der Waals surface area contributed by atoms with Gasteiger partial charge in [0.05, 0.1) is 11.4 Å². The van der Waals surface area contributed by atoms with Crippen LogP contribution in [0.2, 0.25) is 0 Å². The fourth-order valence-electron chi connectivity index (χ4n) is 3.46. The number of carbonyl (C=O) groups is 3. The molecule has 0 aromatic carbocycles. The van der Waals surface area contributed by atoms with Crippen molar-refractivity contribution >= 4 is 35.6 Å². The smallest absolute Gasteiger partial charge is 0.351 e. The molecule has 1 aliphatic rings. The van der Waals surface area contributed by atoms with Gasteiger partial charge in [0.25, 0.3) is 0 Å². The van der Waals surface area contributed by atoms with Gasteiger partial charge in [-0.25, -0.2) is 4.79 Å². The van der Waals surface area contributed by atoms with Crippen LogP contribution in [0.4, 0.5) is 5.82 Å². The summed E-state index contributed by atoms with van der Waals surface area (Å²) in [7, 11) is 4.25. The predicted molar refractivity (Wildman–Crippen MR) is 180 cm³/mol. The van der Waals surface area contributed by atoms with Crippen molar-refractivity contribution in [2.75, 3.05) is 39.4 Å². The fourth-order valence-corrected chi connectivity index (χ4v) is 4.62. The SMILES string of the molecule is CC.CC.CCCC(=O)CC(SCCc1cn(C2CCC(C)O2)c(=O)nc1N)C(C)=O.CCCCNC=O.CO.COC. The van der Waals surface area contributed by atoms with Crippen molar-refractivity contribution < 1.29 is 29.0 Å². The Bertz CT molecular complexity index is 869. The Labute approximate surface area is 265 Å². The van der Waals surface area contributed by atoms with Crippen molar-refractivity contribution in [1.29, 1.82) is 0 Å². The second-order valence-corrected chi connectivity index (χ2v) is 10.2. The average Bonchev–Trinajstić information content (AvgIpc) is 3.43. The first-order chi connectivity index (χ1) is 20.6. The lowest BCUT2D eigenvalue weighted by atomic mass is 10.1. The molecule has 1 fully saturated rings. The van der Waals surface area contributed by atoms with Crippen LogP contribution in [0.15, 0.2) is 11.0 Å². The summed E-state index contributed by atoms with van der Waals surface area (Å²) in [5, 5.41) is 9.24. The normalized spacial score (nSPS) is 15.1. The standard InChI is InChI=1S/C19H29N3O4S.C5H11NO.C2H6O.2C2H6.CH4O/c1-4-5-15(24)10-16(13(3)23)27-9-8-14-11-22(19(25)21-18(14)20)17-7-6-12(2)26-17;1-2-3-4-6-5-7;1-3-2;3*1-2/h11-12,16-17H,4-10H2,1-3H3,(H2,20,21,25);5H,2-4H2,1H3,(H,6,7);1-2H3;2*1-2H3;2H,1H3. The number of aryl methyl sites for hydroxylation is 1.